The molecule has 0 radical (unpaired) electrons. The van der Waals surface area contributed by atoms with E-state index < -0.39 is 37.8 Å². The van der Waals surface area contributed by atoms with E-state index in [0.29, 0.717) is 38.3 Å². The summed E-state index contributed by atoms with van der Waals surface area (Å²) in [5.41, 5.74) is 2.22. The Morgan fingerprint density at radius 1 is 1.10 bits per heavy atom. The van der Waals surface area contributed by atoms with Crippen molar-refractivity contribution in [1.29, 1.82) is 0 Å². The number of benzene rings is 1. The molecule has 1 aromatic heterocycles. The molecule has 2 aromatic rings. The molecule has 2 atom stereocenters. The van der Waals surface area contributed by atoms with E-state index >= 15 is 0 Å². The Morgan fingerprint density at radius 3 is 2.49 bits per heavy atom. The molecule has 2 aliphatic heterocycles. The zero-order chi connectivity index (χ0) is 29.2. The minimum atomic E-state index is -4.32. The van der Waals surface area contributed by atoms with Gasteiger partial charge in [-0.1, -0.05) is 43.7 Å². The van der Waals surface area contributed by atoms with Crippen molar-refractivity contribution in [3.05, 3.63) is 48.2 Å². The number of carbonyl (C=O) groups is 3. The van der Waals surface area contributed by atoms with E-state index in [2.05, 4.69) is 20.5 Å². The molecular weight excluding hydrogens is 549 g/mol. The molecule has 12 nitrogen and oxygen atoms in total. The second-order valence-electron chi connectivity index (χ2n) is 10.1. The molecule has 3 N–H and O–H groups in total. The standard InChI is InChI=1S/C28H38N5O7P/c1-2-3-17-39-41(37,38)20-25(27(35)40-28(36)33-15-11-29-12-16-33)31-26(34)24-19-22(32-13-7-8-14-32)18-23(30-24)21-9-5-4-6-10-21/h4-6,9-10,18-19,25,29H,2-3,7-8,11-17,20H2,1H3,(H,31,34)(H,37,38). The van der Waals surface area contributed by atoms with Crippen LogP contribution in [0.4, 0.5) is 10.5 Å². The van der Waals surface area contributed by atoms with Gasteiger partial charge in [-0.25, -0.2) is 14.6 Å². The van der Waals surface area contributed by atoms with E-state index in [1.807, 2.05) is 43.3 Å². The van der Waals surface area contributed by atoms with Gasteiger partial charge in [-0.2, -0.15) is 0 Å². The van der Waals surface area contributed by atoms with Crippen molar-refractivity contribution in [1.82, 2.24) is 20.5 Å². The van der Waals surface area contributed by atoms with Gasteiger partial charge < -0.3 is 34.6 Å². The normalized spacial score (nSPS) is 17.5. The Labute approximate surface area is 239 Å². The summed E-state index contributed by atoms with van der Waals surface area (Å²) in [5, 5.41) is 5.59. The van der Waals surface area contributed by atoms with E-state index in [-0.39, 0.29) is 12.3 Å². The molecule has 2 fully saturated rings. The summed E-state index contributed by atoms with van der Waals surface area (Å²) in [6.45, 7) is 5.37. The summed E-state index contributed by atoms with van der Waals surface area (Å²) >= 11 is 0. The summed E-state index contributed by atoms with van der Waals surface area (Å²) < 4.78 is 23.0. The van der Waals surface area contributed by atoms with Crippen LogP contribution < -0.4 is 15.5 Å². The van der Waals surface area contributed by atoms with Crippen LogP contribution in [-0.4, -0.2) is 90.8 Å². The number of anilines is 1. The predicted octanol–water partition coefficient (Wildman–Crippen LogP) is 3.02. The summed E-state index contributed by atoms with van der Waals surface area (Å²) in [7, 11) is -4.32. The Hall–Kier alpha value is -3.31. The quantitative estimate of drug-likeness (QED) is 0.155. The maximum Gasteiger partial charge on any atom is 0.417 e. The lowest BCUT2D eigenvalue weighted by Crippen LogP contribution is -2.50. The molecule has 0 aliphatic carbocycles. The van der Waals surface area contributed by atoms with Crippen LogP contribution in [0, 0.1) is 0 Å². The summed E-state index contributed by atoms with van der Waals surface area (Å²) in [6, 6.07) is 11.3. The SMILES string of the molecule is CCCCOP(=O)(O)CC(NC(=O)c1cc(N2CCCC2)cc(-c2ccccc2)n1)C(=O)OC(=O)N1CCNCC1. The number of hydrogen-bond acceptors (Lipinski definition) is 9. The first kappa shape index (κ1) is 30.6. The van der Waals surface area contributed by atoms with Crippen LogP contribution in [0.1, 0.15) is 43.1 Å². The largest absolute Gasteiger partial charge is 0.417 e. The molecule has 0 bridgehead atoms. The second-order valence-corrected chi connectivity index (χ2v) is 12.0. The van der Waals surface area contributed by atoms with Gasteiger partial charge >= 0.3 is 19.7 Å². The van der Waals surface area contributed by atoms with Crippen LogP contribution >= 0.6 is 7.60 Å². The number of esters is 1. The average Bonchev–Trinajstić information content (AvgIpc) is 3.53. The van der Waals surface area contributed by atoms with Crippen molar-refractivity contribution >= 4 is 31.3 Å². The first-order valence-corrected chi connectivity index (χ1v) is 15.8. The van der Waals surface area contributed by atoms with Crippen LogP contribution in [0.3, 0.4) is 0 Å². The lowest BCUT2D eigenvalue weighted by molar-refractivity contribution is -0.140. The second kappa shape index (κ2) is 14.5. The number of nitrogens with zero attached hydrogens (tertiary/aromatic N) is 3. The van der Waals surface area contributed by atoms with Gasteiger partial charge in [-0.3, -0.25) is 9.36 Å². The zero-order valence-electron chi connectivity index (χ0n) is 23.3. The number of unbranched alkanes of at least 4 members (excludes halogenated alkanes) is 1. The van der Waals surface area contributed by atoms with Gasteiger partial charge in [-0.05, 0) is 31.4 Å². The maximum absolute atomic E-state index is 13.5. The van der Waals surface area contributed by atoms with Crippen molar-refractivity contribution < 1.29 is 33.1 Å². The third kappa shape index (κ3) is 8.84. The minimum absolute atomic E-state index is 0.0135. The highest BCUT2D eigenvalue weighted by atomic mass is 31.2. The molecule has 4 rings (SSSR count). The van der Waals surface area contributed by atoms with Crippen molar-refractivity contribution in [3.8, 4) is 11.3 Å². The highest BCUT2D eigenvalue weighted by molar-refractivity contribution is 7.52. The fourth-order valence-electron chi connectivity index (χ4n) is 4.66. The maximum atomic E-state index is 13.5. The number of nitrogens with one attached hydrogen (secondary N) is 2. The number of piperazine rings is 1. The van der Waals surface area contributed by atoms with Crippen LogP contribution in [0.25, 0.3) is 11.3 Å². The van der Waals surface area contributed by atoms with Gasteiger partial charge in [-0.15, -0.1) is 0 Å². The molecule has 222 valence electrons. The van der Waals surface area contributed by atoms with Gasteiger partial charge in [0.1, 0.15) is 11.7 Å². The van der Waals surface area contributed by atoms with E-state index in [0.717, 1.165) is 43.6 Å². The van der Waals surface area contributed by atoms with Gasteiger partial charge in [0.25, 0.3) is 5.91 Å². The highest BCUT2D eigenvalue weighted by Gasteiger charge is 2.35. The molecule has 0 spiro atoms. The van der Waals surface area contributed by atoms with Crippen molar-refractivity contribution in [2.45, 2.75) is 38.6 Å². The Bertz CT molecular complexity index is 1250. The summed E-state index contributed by atoms with van der Waals surface area (Å²) in [6.07, 6.45) is 1.71. The van der Waals surface area contributed by atoms with Crippen LogP contribution in [-0.2, 0) is 18.6 Å². The molecule has 3 heterocycles. The molecule has 2 amide bonds. The molecule has 13 heteroatoms. The first-order chi connectivity index (χ1) is 19.8. The number of rotatable bonds is 11. The van der Waals surface area contributed by atoms with Gasteiger partial charge in [0, 0.05) is 50.5 Å². The lowest BCUT2D eigenvalue weighted by Gasteiger charge is -2.27. The van der Waals surface area contributed by atoms with E-state index in [1.165, 1.54) is 4.90 Å². The van der Waals surface area contributed by atoms with Gasteiger partial charge in [0.05, 0.1) is 18.5 Å². The minimum Gasteiger partial charge on any atom is -0.375 e. The fourth-order valence-corrected chi connectivity index (χ4v) is 5.88. The number of pyridine rings is 1. The lowest BCUT2D eigenvalue weighted by atomic mass is 10.1. The van der Waals surface area contributed by atoms with Gasteiger partial charge in [0.15, 0.2) is 0 Å². The summed E-state index contributed by atoms with van der Waals surface area (Å²) in [4.78, 5) is 57.8. The predicted molar refractivity (Wildman–Crippen MR) is 154 cm³/mol. The molecule has 41 heavy (non-hydrogen) atoms. The Kier molecular flexibility index (Phi) is 10.9. The number of hydrogen-bond donors (Lipinski definition) is 3. The number of carbonyl (C=O) groups excluding carboxylic acids is 3. The van der Waals surface area contributed by atoms with Crippen LogP contribution in [0.2, 0.25) is 0 Å². The smallest absolute Gasteiger partial charge is 0.375 e. The van der Waals surface area contributed by atoms with Crippen molar-refractivity contribution in [2.24, 2.45) is 0 Å². The third-order valence-electron chi connectivity index (χ3n) is 6.94. The first-order valence-electron chi connectivity index (χ1n) is 14.1. The molecule has 2 unspecified atom stereocenters. The Balaban J connectivity index is 1.58. The topological polar surface area (TPSA) is 150 Å². The fraction of sp³-hybridized carbons (Fsp3) is 0.500. The number of ether oxygens (including phenoxy) is 1. The van der Waals surface area contributed by atoms with E-state index in [1.54, 1.807) is 6.07 Å². The van der Waals surface area contributed by atoms with Gasteiger partial charge in [0.2, 0.25) is 0 Å². The third-order valence-corrected chi connectivity index (χ3v) is 8.35. The number of aromatic nitrogens is 1. The van der Waals surface area contributed by atoms with Crippen molar-refractivity contribution in [2.75, 3.05) is 56.9 Å². The molecular formula is C28H38N5O7P. The monoisotopic (exact) mass is 587 g/mol. The highest BCUT2D eigenvalue weighted by Crippen LogP contribution is 2.42. The molecule has 1 aromatic carbocycles. The Morgan fingerprint density at radius 2 is 1.80 bits per heavy atom. The molecule has 2 aliphatic rings. The molecule has 2 saturated heterocycles. The molecule has 0 saturated carbocycles. The van der Waals surface area contributed by atoms with E-state index in [4.69, 9.17) is 9.26 Å². The number of amides is 2. The average molecular weight is 588 g/mol. The van der Waals surface area contributed by atoms with Crippen LogP contribution in [0.5, 0.6) is 0 Å². The van der Waals surface area contributed by atoms with E-state index in [9.17, 15) is 23.8 Å². The van der Waals surface area contributed by atoms with Crippen molar-refractivity contribution in [3.63, 3.8) is 0 Å². The zero-order valence-corrected chi connectivity index (χ0v) is 24.2. The van der Waals surface area contributed by atoms with Crippen LogP contribution in [0.15, 0.2) is 42.5 Å². The summed E-state index contributed by atoms with van der Waals surface area (Å²) in [5.74, 6) is -1.89.